The van der Waals surface area contributed by atoms with Gasteiger partial charge in [-0.05, 0) is 65.2 Å². The average molecular weight is 375 g/mol. The number of anilines is 1. The molecule has 20 heavy (non-hydrogen) atoms. The molecule has 0 aliphatic rings. The fraction of sp³-hybridized carbons (Fsp3) is 0.143. The van der Waals surface area contributed by atoms with Crippen molar-refractivity contribution >= 4 is 43.2 Å². The third-order valence-electron chi connectivity index (χ3n) is 2.82. The van der Waals surface area contributed by atoms with Crippen LogP contribution in [0.2, 0.25) is 5.02 Å². The molecule has 0 heterocycles. The Kier molecular flexibility index (Phi) is 4.42. The molecule has 0 aliphatic carbocycles. The Morgan fingerprint density at radius 3 is 2.40 bits per heavy atom. The fourth-order valence-electron chi connectivity index (χ4n) is 1.65. The van der Waals surface area contributed by atoms with E-state index in [1.165, 1.54) is 12.1 Å². The molecule has 0 bridgehead atoms. The Labute approximate surface area is 132 Å². The van der Waals surface area contributed by atoms with Gasteiger partial charge in [0.25, 0.3) is 10.0 Å². The average Bonchev–Trinajstić information content (AvgIpc) is 2.36. The van der Waals surface area contributed by atoms with Crippen molar-refractivity contribution < 1.29 is 8.42 Å². The summed E-state index contributed by atoms with van der Waals surface area (Å²) in [5.41, 5.74) is 2.37. The molecule has 0 atom stereocenters. The Hall–Kier alpha value is -1.04. The summed E-state index contributed by atoms with van der Waals surface area (Å²) in [6, 6.07) is 10.1. The Bertz CT molecular complexity index is 760. The molecule has 6 heteroatoms. The normalized spacial score (nSPS) is 11.4. The molecule has 0 radical (unpaired) electrons. The van der Waals surface area contributed by atoms with Crippen molar-refractivity contribution in [3.8, 4) is 0 Å². The van der Waals surface area contributed by atoms with Crippen LogP contribution in [0.3, 0.4) is 0 Å². The largest absolute Gasteiger partial charge is 0.278 e. The highest BCUT2D eigenvalue weighted by molar-refractivity contribution is 9.10. The molecule has 0 aromatic heterocycles. The highest BCUT2D eigenvalue weighted by atomic mass is 79.9. The topological polar surface area (TPSA) is 46.2 Å². The number of hydrogen-bond acceptors (Lipinski definition) is 2. The van der Waals surface area contributed by atoms with Gasteiger partial charge in [-0.2, -0.15) is 0 Å². The number of benzene rings is 2. The van der Waals surface area contributed by atoms with E-state index < -0.39 is 10.0 Å². The minimum Gasteiger partial charge on any atom is -0.278 e. The van der Waals surface area contributed by atoms with Gasteiger partial charge in [0.2, 0.25) is 0 Å². The van der Waals surface area contributed by atoms with E-state index in [0.29, 0.717) is 15.2 Å². The number of nitrogens with one attached hydrogen (secondary N) is 1. The van der Waals surface area contributed by atoms with E-state index in [4.69, 9.17) is 11.6 Å². The molecule has 0 fully saturated rings. The Balaban J connectivity index is 2.38. The van der Waals surface area contributed by atoms with Gasteiger partial charge >= 0.3 is 0 Å². The van der Waals surface area contributed by atoms with Crippen molar-refractivity contribution in [2.45, 2.75) is 18.7 Å². The van der Waals surface area contributed by atoms with Crippen LogP contribution in [0.15, 0.2) is 45.8 Å². The van der Waals surface area contributed by atoms with Crippen LogP contribution < -0.4 is 4.72 Å². The van der Waals surface area contributed by atoms with Crippen molar-refractivity contribution in [1.82, 2.24) is 0 Å². The SMILES string of the molecule is Cc1ccc(NS(=O)(=O)c2ccc(C)c(Cl)c2)c(Br)c1. The number of aryl methyl sites for hydroxylation is 2. The second-order valence-corrected chi connectivity index (χ2v) is 7.44. The zero-order valence-electron chi connectivity index (χ0n) is 10.9. The number of hydrogen-bond donors (Lipinski definition) is 1. The first kappa shape index (κ1) is 15.4. The number of halogens is 2. The molecular formula is C14H13BrClNO2S. The molecule has 3 nitrogen and oxygen atoms in total. The zero-order valence-corrected chi connectivity index (χ0v) is 14.1. The molecule has 0 spiro atoms. The standard InChI is InChI=1S/C14H13BrClNO2S/c1-9-3-6-14(12(15)7-9)17-20(18,19)11-5-4-10(2)13(16)8-11/h3-8,17H,1-2H3. The van der Waals surface area contributed by atoms with Crippen LogP contribution in [0, 0.1) is 13.8 Å². The maximum atomic E-state index is 12.3. The summed E-state index contributed by atoms with van der Waals surface area (Å²) in [6.45, 7) is 3.76. The molecule has 2 aromatic carbocycles. The predicted octanol–water partition coefficient (Wildman–Crippen LogP) is 4.52. The summed E-state index contributed by atoms with van der Waals surface area (Å²) in [7, 11) is -3.65. The number of rotatable bonds is 3. The van der Waals surface area contributed by atoms with Gasteiger partial charge in [-0.25, -0.2) is 8.42 Å². The van der Waals surface area contributed by atoms with Crippen LogP contribution in [0.5, 0.6) is 0 Å². The predicted molar refractivity (Wildman–Crippen MR) is 85.9 cm³/mol. The van der Waals surface area contributed by atoms with Gasteiger partial charge in [-0.15, -0.1) is 0 Å². The van der Waals surface area contributed by atoms with Crippen molar-refractivity contribution in [2.24, 2.45) is 0 Å². The van der Waals surface area contributed by atoms with Gasteiger partial charge in [0.15, 0.2) is 0 Å². The van der Waals surface area contributed by atoms with Crippen molar-refractivity contribution in [3.63, 3.8) is 0 Å². The lowest BCUT2D eigenvalue weighted by atomic mass is 10.2. The molecular weight excluding hydrogens is 362 g/mol. The molecule has 2 rings (SSSR count). The quantitative estimate of drug-likeness (QED) is 0.858. The van der Waals surface area contributed by atoms with Gasteiger partial charge < -0.3 is 0 Å². The van der Waals surface area contributed by atoms with Crippen LogP contribution in [0.4, 0.5) is 5.69 Å². The van der Waals surface area contributed by atoms with E-state index in [1.807, 2.05) is 26.0 Å². The molecule has 1 N–H and O–H groups in total. The van der Waals surface area contributed by atoms with E-state index >= 15 is 0 Å². The molecule has 0 saturated carbocycles. The molecule has 0 unspecified atom stereocenters. The zero-order chi connectivity index (χ0) is 14.9. The first-order chi connectivity index (χ1) is 9.29. The summed E-state index contributed by atoms with van der Waals surface area (Å²) in [5.74, 6) is 0. The second kappa shape index (κ2) is 5.76. The summed E-state index contributed by atoms with van der Waals surface area (Å²) in [6.07, 6.45) is 0. The highest BCUT2D eigenvalue weighted by Gasteiger charge is 2.16. The Morgan fingerprint density at radius 2 is 1.80 bits per heavy atom. The summed E-state index contributed by atoms with van der Waals surface area (Å²) in [4.78, 5) is 0.139. The van der Waals surface area contributed by atoms with Crippen LogP contribution in [0.25, 0.3) is 0 Å². The van der Waals surface area contributed by atoms with Crippen molar-refractivity contribution in [2.75, 3.05) is 4.72 Å². The fourth-order valence-corrected chi connectivity index (χ4v) is 3.72. The maximum absolute atomic E-state index is 12.3. The maximum Gasteiger partial charge on any atom is 0.261 e. The van der Waals surface area contributed by atoms with E-state index in [-0.39, 0.29) is 4.90 Å². The monoisotopic (exact) mass is 373 g/mol. The van der Waals surface area contributed by atoms with Crippen LogP contribution in [0.1, 0.15) is 11.1 Å². The van der Waals surface area contributed by atoms with Gasteiger partial charge in [-0.1, -0.05) is 23.7 Å². The molecule has 0 saturated heterocycles. The minimum atomic E-state index is -3.65. The molecule has 2 aromatic rings. The van der Waals surface area contributed by atoms with Gasteiger partial charge in [-0.3, -0.25) is 4.72 Å². The Morgan fingerprint density at radius 1 is 1.10 bits per heavy atom. The van der Waals surface area contributed by atoms with Gasteiger partial charge in [0, 0.05) is 9.50 Å². The van der Waals surface area contributed by atoms with Crippen molar-refractivity contribution in [1.29, 1.82) is 0 Å². The summed E-state index contributed by atoms with van der Waals surface area (Å²) >= 11 is 9.32. The first-order valence-electron chi connectivity index (χ1n) is 5.85. The third kappa shape index (κ3) is 3.34. The minimum absolute atomic E-state index is 0.139. The van der Waals surface area contributed by atoms with Gasteiger partial charge in [0.1, 0.15) is 0 Å². The van der Waals surface area contributed by atoms with Crippen LogP contribution in [-0.2, 0) is 10.0 Å². The van der Waals surface area contributed by atoms with E-state index in [1.54, 1.807) is 12.1 Å². The molecule has 0 amide bonds. The summed E-state index contributed by atoms with van der Waals surface area (Å²) in [5, 5.41) is 0.427. The van der Waals surface area contributed by atoms with E-state index in [0.717, 1.165) is 11.1 Å². The lowest BCUT2D eigenvalue weighted by Gasteiger charge is -2.11. The molecule has 0 aliphatic heterocycles. The van der Waals surface area contributed by atoms with Gasteiger partial charge in [0.05, 0.1) is 10.6 Å². The lowest BCUT2D eigenvalue weighted by molar-refractivity contribution is 0.601. The third-order valence-corrected chi connectivity index (χ3v) is 5.25. The lowest BCUT2D eigenvalue weighted by Crippen LogP contribution is -2.13. The highest BCUT2D eigenvalue weighted by Crippen LogP contribution is 2.27. The smallest absolute Gasteiger partial charge is 0.261 e. The molecule has 106 valence electrons. The van der Waals surface area contributed by atoms with E-state index in [9.17, 15) is 8.42 Å². The summed E-state index contributed by atoms with van der Waals surface area (Å²) < 4.78 is 27.9. The second-order valence-electron chi connectivity index (χ2n) is 4.50. The van der Waals surface area contributed by atoms with Crippen LogP contribution in [-0.4, -0.2) is 8.42 Å². The van der Waals surface area contributed by atoms with E-state index in [2.05, 4.69) is 20.7 Å². The first-order valence-corrected chi connectivity index (χ1v) is 8.50. The van der Waals surface area contributed by atoms with Crippen LogP contribution >= 0.6 is 27.5 Å². The van der Waals surface area contributed by atoms with Crippen molar-refractivity contribution in [3.05, 3.63) is 57.0 Å². The number of sulfonamides is 1.